The highest BCUT2D eigenvalue weighted by Crippen LogP contribution is 2.32. The molecule has 1 aliphatic heterocycles. The number of rotatable bonds is 5. The summed E-state index contributed by atoms with van der Waals surface area (Å²) in [4.78, 5) is 0. The molecule has 4 N–H and O–H groups in total. The van der Waals surface area contributed by atoms with Crippen molar-refractivity contribution < 1.29 is 0 Å². The third-order valence-corrected chi connectivity index (χ3v) is 4.37. The minimum atomic E-state index is 0.0883. The Kier molecular flexibility index (Phi) is 4.62. The molecule has 1 atom stereocenters. The van der Waals surface area contributed by atoms with E-state index in [1.54, 1.807) is 6.08 Å². The van der Waals surface area contributed by atoms with Gasteiger partial charge in [0.05, 0.1) is 23.5 Å². The number of nitrogens with one attached hydrogen (secondary N) is 4. The van der Waals surface area contributed by atoms with Crippen molar-refractivity contribution in [3.8, 4) is 6.07 Å². The molecular weight excluding hydrogens is 286 g/mol. The molecule has 0 saturated heterocycles. The maximum absolute atomic E-state index is 8.59. The van der Waals surface area contributed by atoms with Gasteiger partial charge in [-0.3, -0.25) is 0 Å². The van der Waals surface area contributed by atoms with Crippen LogP contribution in [-0.4, -0.2) is 25.3 Å². The quantitative estimate of drug-likeness (QED) is 0.498. The lowest BCUT2D eigenvalue weighted by molar-refractivity contribution is 0.409. The molecule has 5 nitrogen and oxygen atoms in total. The summed E-state index contributed by atoms with van der Waals surface area (Å²) in [6, 6.07) is 10.3. The summed E-state index contributed by atoms with van der Waals surface area (Å²) in [6.45, 7) is 1.65. The van der Waals surface area contributed by atoms with Gasteiger partial charge >= 0.3 is 0 Å². The molecule has 0 radical (unpaired) electrons. The lowest BCUT2D eigenvalue weighted by Gasteiger charge is -2.30. The smallest absolute Gasteiger partial charge is 0.0911 e. The Balaban J connectivity index is 1.53. The van der Waals surface area contributed by atoms with Crippen LogP contribution >= 0.6 is 0 Å². The molecule has 1 aliphatic carbocycles. The summed E-state index contributed by atoms with van der Waals surface area (Å²) in [5.74, 6) is 0.594. The fraction of sp³-hybridized carbons (Fsp3) is 0.333. The van der Waals surface area contributed by atoms with Crippen LogP contribution in [-0.2, 0) is 0 Å². The first kappa shape index (κ1) is 15.2. The Morgan fingerprint density at radius 2 is 2.13 bits per heavy atom. The number of hydrogen-bond donors (Lipinski definition) is 4. The highest BCUT2D eigenvalue weighted by molar-refractivity contribution is 5.81. The summed E-state index contributed by atoms with van der Waals surface area (Å²) in [6.07, 6.45) is 7.01. The Morgan fingerprint density at radius 1 is 1.35 bits per heavy atom. The van der Waals surface area contributed by atoms with Gasteiger partial charge in [0, 0.05) is 37.2 Å². The molecule has 118 valence electrons. The SMILES string of the molecule is N#CC=C1CC(CN/C=C(\C=N)C2CNc3ccccc3N2)C1. The van der Waals surface area contributed by atoms with Gasteiger partial charge in [-0.05, 0) is 30.9 Å². The second-order valence-electron chi connectivity index (χ2n) is 6.03. The van der Waals surface area contributed by atoms with E-state index < -0.39 is 0 Å². The van der Waals surface area contributed by atoms with E-state index in [0.717, 1.165) is 42.9 Å². The van der Waals surface area contributed by atoms with Crippen molar-refractivity contribution in [3.05, 3.63) is 47.7 Å². The van der Waals surface area contributed by atoms with E-state index in [1.165, 1.54) is 11.8 Å². The molecule has 0 spiro atoms. The number of nitriles is 1. The molecule has 0 bridgehead atoms. The zero-order valence-electron chi connectivity index (χ0n) is 13.0. The van der Waals surface area contributed by atoms with Crippen LogP contribution < -0.4 is 16.0 Å². The Hall–Kier alpha value is -2.74. The van der Waals surface area contributed by atoms with Crippen LogP contribution in [0.25, 0.3) is 0 Å². The number of hydrogen-bond acceptors (Lipinski definition) is 5. The molecule has 1 saturated carbocycles. The van der Waals surface area contributed by atoms with E-state index in [1.807, 2.05) is 30.5 Å². The van der Waals surface area contributed by atoms with Crippen LogP contribution in [0.1, 0.15) is 12.8 Å². The van der Waals surface area contributed by atoms with Gasteiger partial charge in [-0.1, -0.05) is 17.7 Å². The minimum Gasteiger partial charge on any atom is -0.390 e. The van der Waals surface area contributed by atoms with Gasteiger partial charge in [0.2, 0.25) is 0 Å². The first-order valence-electron chi connectivity index (χ1n) is 7.91. The largest absolute Gasteiger partial charge is 0.390 e. The van der Waals surface area contributed by atoms with Crippen molar-refractivity contribution in [1.82, 2.24) is 5.32 Å². The first-order valence-corrected chi connectivity index (χ1v) is 7.91. The number of para-hydroxylation sites is 2. The predicted molar refractivity (Wildman–Crippen MR) is 93.6 cm³/mol. The molecule has 5 heteroatoms. The zero-order valence-corrected chi connectivity index (χ0v) is 13.0. The third kappa shape index (κ3) is 3.54. The monoisotopic (exact) mass is 307 g/mol. The summed E-state index contributed by atoms with van der Waals surface area (Å²) >= 11 is 0. The maximum Gasteiger partial charge on any atom is 0.0911 e. The predicted octanol–water partition coefficient (Wildman–Crippen LogP) is 2.88. The van der Waals surface area contributed by atoms with Crippen molar-refractivity contribution in [2.24, 2.45) is 5.92 Å². The second-order valence-corrected chi connectivity index (χ2v) is 6.03. The van der Waals surface area contributed by atoms with Gasteiger partial charge in [-0.15, -0.1) is 0 Å². The number of benzene rings is 1. The van der Waals surface area contributed by atoms with Gasteiger partial charge in [-0.25, -0.2) is 0 Å². The van der Waals surface area contributed by atoms with Gasteiger partial charge in [0.25, 0.3) is 0 Å². The molecule has 1 aromatic carbocycles. The maximum atomic E-state index is 8.59. The number of nitrogens with zero attached hydrogens (tertiary/aromatic N) is 1. The van der Waals surface area contributed by atoms with Crippen LogP contribution in [0.3, 0.4) is 0 Å². The van der Waals surface area contributed by atoms with Crippen molar-refractivity contribution in [3.63, 3.8) is 0 Å². The van der Waals surface area contributed by atoms with Crippen molar-refractivity contribution in [1.29, 1.82) is 10.7 Å². The van der Waals surface area contributed by atoms with Crippen molar-refractivity contribution in [2.45, 2.75) is 18.9 Å². The van der Waals surface area contributed by atoms with Crippen LogP contribution in [0.4, 0.5) is 11.4 Å². The molecule has 1 aromatic rings. The molecule has 0 amide bonds. The molecule has 1 fully saturated rings. The Morgan fingerprint density at radius 3 is 2.87 bits per heavy atom. The third-order valence-electron chi connectivity index (χ3n) is 4.37. The van der Waals surface area contributed by atoms with Gasteiger partial charge in [0.15, 0.2) is 0 Å². The van der Waals surface area contributed by atoms with Gasteiger partial charge in [0.1, 0.15) is 0 Å². The fourth-order valence-electron chi connectivity index (χ4n) is 3.04. The first-order chi connectivity index (χ1) is 11.3. The van der Waals surface area contributed by atoms with Crippen LogP contribution in [0.2, 0.25) is 0 Å². The van der Waals surface area contributed by atoms with Crippen molar-refractivity contribution >= 4 is 17.6 Å². The molecule has 0 aromatic heterocycles. The number of allylic oxidation sites excluding steroid dienone is 2. The van der Waals surface area contributed by atoms with E-state index in [0.29, 0.717) is 5.92 Å². The van der Waals surface area contributed by atoms with E-state index in [-0.39, 0.29) is 6.04 Å². The number of anilines is 2. The molecular formula is C18H21N5. The summed E-state index contributed by atoms with van der Waals surface area (Å²) in [5.41, 5.74) is 4.35. The van der Waals surface area contributed by atoms with Crippen LogP contribution in [0, 0.1) is 22.7 Å². The number of fused-ring (bicyclic) bond motifs is 1. The van der Waals surface area contributed by atoms with E-state index in [9.17, 15) is 0 Å². The molecule has 2 aliphatic rings. The molecule has 3 rings (SSSR count). The summed E-state index contributed by atoms with van der Waals surface area (Å²) in [5, 5.41) is 26.5. The summed E-state index contributed by atoms with van der Waals surface area (Å²) in [7, 11) is 0. The average molecular weight is 307 g/mol. The van der Waals surface area contributed by atoms with Gasteiger partial charge in [-0.2, -0.15) is 5.26 Å². The fourth-order valence-corrected chi connectivity index (χ4v) is 3.04. The molecule has 1 unspecified atom stereocenters. The normalized spacial score (nSPS) is 22.6. The van der Waals surface area contributed by atoms with Crippen molar-refractivity contribution in [2.75, 3.05) is 23.7 Å². The standard InChI is InChI=1S/C18H21N5/c19-6-5-13-7-14(8-13)10-21-11-15(9-20)18-12-22-16-3-1-2-4-17(16)23-18/h1-5,9,11,14,18,20-23H,7-8,10,12H2/b13-5?,15-11+,20-9?. The average Bonchev–Trinajstić information content (AvgIpc) is 2.55. The van der Waals surface area contributed by atoms with Gasteiger partial charge < -0.3 is 21.4 Å². The molecule has 1 heterocycles. The minimum absolute atomic E-state index is 0.0883. The lowest BCUT2D eigenvalue weighted by Crippen LogP contribution is -2.36. The highest BCUT2D eigenvalue weighted by atomic mass is 15.1. The van der Waals surface area contributed by atoms with E-state index in [2.05, 4.69) is 22.0 Å². The van der Waals surface area contributed by atoms with E-state index in [4.69, 9.17) is 10.7 Å². The lowest BCUT2D eigenvalue weighted by atomic mass is 9.80. The van der Waals surface area contributed by atoms with Crippen LogP contribution in [0.5, 0.6) is 0 Å². The second kappa shape index (κ2) is 7.01. The molecule has 23 heavy (non-hydrogen) atoms. The zero-order chi connectivity index (χ0) is 16.1. The topological polar surface area (TPSA) is 83.7 Å². The van der Waals surface area contributed by atoms with Crippen LogP contribution in [0.15, 0.2) is 47.7 Å². The Bertz CT molecular complexity index is 675. The highest BCUT2D eigenvalue weighted by Gasteiger charge is 2.23. The Labute approximate surface area is 136 Å². The van der Waals surface area contributed by atoms with E-state index >= 15 is 0 Å². The summed E-state index contributed by atoms with van der Waals surface area (Å²) < 4.78 is 0.